The van der Waals surface area contributed by atoms with Crippen molar-refractivity contribution in [3.63, 3.8) is 0 Å². The van der Waals surface area contributed by atoms with Gasteiger partial charge in [-0.25, -0.2) is 4.98 Å². The Balaban J connectivity index is 1.55. The maximum absolute atomic E-state index is 12.1. The van der Waals surface area contributed by atoms with Gasteiger partial charge in [0.15, 0.2) is 5.13 Å². The highest BCUT2D eigenvalue weighted by Gasteiger charge is 2.10. The molecule has 1 N–H and O–H groups in total. The number of aryl methyl sites for hydroxylation is 1. The summed E-state index contributed by atoms with van der Waals surface area (Å²) in [5.41, 5.74) is 0.939. The quantitative estimate of drug-likeness (QED) is 0.597. The molecular weight excluding hydrogens is 308 g/mol. The van der Waals surface area contributed by atoms with E-state index in [-0.39, 0.29) is 5.91 Å². The molecule has 4 aromatic rings. The maximum atomic E-state index is 12.1. The number of fused-ring (bicyclic) bond motifs is 3. The normalized spacial score (nSPS) is 11.1. The lowest BCUT2D eigenvalue weighted by Crippen LogP contribution is -2.11. The fourth-order valence-electron chi connectivity index (χ4n) is 2.59. The van der Waals surface area contributed by atoms with Gasteiger partial charge in [0.2, 0.25) is 5.91 Å². The fraction of sp³-hybridized carbons (Fsp3) is 0.111. The van der Waals surface area contributed by atoms with Gasteiger partial charge in [-0.2, -0.15) is 0 Å². The molecule has 0 saturated carbocycles. The number of nitrogens with one attached hydrogen (secondary N) is 1. The van der Waals surface area contributed by atoms with Crippen LogP contribution in [0.3, 0.4) is 0 Å². The molecule has 23 heavy (non-hydrogen) atoms. The first-order valence-electron chi connectivity index (χ1n) is 7.40. The van der Waals surface area contributed by atoms with E-state index in [2.05, 4.69) is 28.5 Å². The van der Waals surface area contributed by atoms with Crippen LogP contribution in [0.2, 0.25) is 0 Å². The summed E-state index contributed by atoms with van der Waals surface area (Å²) >= 11 is 1.50. The van der Waals surface area contributed by atoms with Crippen molar-refractivity contribution in [2.75, 3.05) is 5.32 Å². The first-order valence-corrected chi connectivity index (χ1v) is 8.22. The lowest BCUT2D eigenvalue weighted by Gasteiger charge is -1.99. The Morgan fingerprint density at radius 2 is 2.04 bits per heavy atom. The summed E-state index contributed by atoms with van der Waals surface area (Å²) in [4.78, 5) is 16.7. The number of nitrogens with zero attached hydrogens (tertiary/aromatic N) is 1. The first kappa shape index (κ1) is 14.0. The van der Waals surface area contributed by atoms with Gasteiger partial charge in [-0.1, -0.05) is 41.7 Å². The number of carbonyl (C=O) groups excluding carboxylic acids is 1. The van der Waals surface area contributed by atoms with Crippen LogP contribution in [0.25, 0.3) is 21.0 Å². The number of hydrogen-bond donors (Lipinski definition) is 1. The highest BCUT2D eigenvalue weighted by atomic mass is 32.1. The lowest BCUT2D eigenvalue weighted by atomic mass is 10.1. The van der Waals surface area contributed by atoms with Gasteiger partial charge < -0.3 is 9.73 Å². The van der Waals surface area contributed by atoms with Crippen LogP contribution in [0.4, 0.5) is 5.13 Å². The number of aromatic nitrogens is 1. The van der Waals surface area contributed by atoms with Gasteiger partial charge in [0.1, 0.15) is 5.76 Å². The van der Waals surface area contributed by atoms with Gasteiger partial charge in [0, 0.05) is 18.2 Å². The molecule has 0 fully saturated rings. The largest absolute Gasteiger partial charge is 0.469 e. The molecule has 0 aliphatic rings. The Morgan fingerprint density at radius 3 is 2.91 bits per heavy atom. The number of rotatable bonds is 4. The lowest BCUT2D eigenvalue weighted by molar-refractivity contribution is -0.116. The third kappa shape index (κ3) is 2.83. The molecule has 0 radical (unpaired) electrons. The number of anilines is 1. The molecular formula is C18H14N2O2S. The third-order valence-electron chi connectivity index (χ3n) is 3.71. The maximum Gasteiger partial charge on any atom is 0.226 e. The van der Waals surface area contributed by atoms with Gasteiger partial charge in [-0.05, 0) is 23.6 Å². The van der Waals surface area contributed by atoms with Crippen molar-refractivity contribution in [2.45, 2.75) is 12.8 Å². The molecule has 5 heteroatoms. The summed E-state index contributed by atoms with van der Waals surface area (Å²) in [6.45, 7) is 0. The molecule has 0 aliphatic heterocycles. The molecule has 0 bridgehead atoms. The van der Waals surface area contributed by atoms with E-state index in [0.717, 1.165) is 26.7 Å². The molecule has 114 valence electrons. The van der Waals surface area contributed by atoms with Crippen molar-refractivity contribution in [3.05, 3.63) is 60.6 Å². The van der Waals surface area contributed by atoms with Crippen LogP contribution < -0.4 is 5.32 Å². The van der Waals surface area contributed by atoms with E-state index >= 15 is 0 Å². The second-order valence-corrected chi connectivity index (χ2v) is 6.31. The van der Waals surface area contributed by atoms with Crippen LogP contribution in [0, 0.1) is 0 Å². The molecule has 0 aliphatic carbocycles. The summed E-state index contributed by atoms with van der Waals surface area (Å²) < 4.78 is 6.31. The second-order valence-electron chi connectivity index (χ2n) is 5.28. The Bertz CT molecular complexity index is 973. The van der Waals surface area contributed by atoms with Crippen molar-refractivity contribution in [2.24, 2.45) is 0 Å². The number of benzene rings is 2. The average molecular weight is 322 g/mol. The van der Waals surface area contributed by atoms with Crippen LogP contribution >= 0.6 is 11.3 Å². The van der Waals surface area contributed by atoms with E-state index in [1.807, 2.05) is 30.3 Å². The van der Waals surface area contributed by atoms with Gasteiger partial charge in [0.25, 0.3) is 0 Å². The van der Waals surface area contributed by atoms with Gasteiger partial charge in [0.05, 0.1) is 16.5 Å². The zero-order valence-electron chi connectivity index (χ0n) is 12.3. The summed E-state index contributed by atoms with van der Waals surface area (Å²) in [5, 5.41) is 5.79. The van der Waals surface area contributed by atoms with Crippen molar-refractivity contribution in [1.82, 2.24) is 4.98 Å². The highest BCUT2D eigenvalue weighted by molar-refractivity contribution is 7.22. The minimum atomic E-state index is -0.0511. The second kappa shape index (κ2) is 5.85. The number of hydrogen-bond acceptors (Lipinski definition) is 4. The van der Waals surface area contributed by atoms with E-state index in [1.54, 1.807) is 6.26 Å². The van der Waals surface area contributed by atoms with E-state index in [0.29, 0.717) is 18.0 Å². The van der Waals surface area contributed by atoms with E-state index < -0.39 is 0 Å². The zero-order chi connectivity index (χ0) is 15.6. The molecule has 0 saturated heterocycles. The van der Waals surface area contributed by atoms with Crippen LogP contribution in [0.1, 0.15) is 12.2 Å². The smallest absolute Gasteiger partial charge is 0.226 e. The standard InChI is InChI=1S/C18H14N2O2S/c21-16(10-8-13-5-3-11-22-13)19-18-20-17-14-6-2-1-4-12(14)7-9-15(17)23-18/h1-7,9,11H,8,10H2,(H,19,20,21). The number of furan rings is 1. The Kier molecular flexibility index (Phi) is 3.55. The first-order chi connectivity index (χ1) is 11.3. The molecule has 2 aromatic heterocycles. The molecule has 2 aromatic carbocycles. The van der Waals surface area contributed by atoms with E-state index in [9.17, 15) is 4.79 Å². The summed E-state index contributed by atoms with van der Waals surface area (Å²) in [6, 6.07) is 16.0. The third-order valence-corrected chi connectivity index (χ3v) is 4.64. The van der Waals surface area contributed by atoms with Gasteiger partial charge >= 0.3 is 0 Å². The summed E-state index contributed by atoms with van der Waals surface area (Å²) in [7, 11) is 0. The van der Waals surface area contributed by atoms with Crippen LogP contribution in [0.5, 0.6) is 0 Å². The van der Waals surface area contributed by atoms with Crippen molar-refractivity contribution < 1.29 is 9.21 Å². The van der Waals surface area contributed by atoms with Crippen molar-refractivity contribution in [1.29, 1.82) is 0 Å². The monoisotopic (exact) mass is 322 g/mol. The van der Waals surface area contributed by atoms with Crippen molar-refractivity contribution in [3.8, 4) is 0 Å². The predicted molar refractivity (Wildman–Crippen MR) is 92.8 cm³/mol. The van der Waals surface area contributed by atoms with E-state index in [1.165, 1.54) is 11.3 Å². The SMILES string of the molecule is O=C(CCc1ccco1)Nc1nc2c(ccc3ccccc32)s1. The van der Waals surface area contributed by atoms with Gasteiger partial charge in [-0.15, -0.1) is 0 Å². The van der Waals surface area contributed by atoms with Gasteiger partial charge in [-0.3, -0.25) is 4.79 Å². The Hall–Kier alpha value is -2.66. The fourth-order valence-corrected chi connectivity index (χ4v) is 3.49. The predicted octanol–water partition coefficient (Wildman–Crippen LogP) is 4.61. The Labute approximate surface area is 136 Å². The molecule has 4 nitrogen and oxygen atoms in total. The minimum Gasteiger partial charge on any atom is -0.469 e. The molecule has 1 amide bonds. The van der Waals surface area contributed by atoms with Crippen LogP contribution in [-0.4, -0.2) is 10.9 Å². The average Bonchev–Trinajstić information content (AvgIpc) is 3.22. The molecule has 0 atom stereocenters. The molecule has 4 rings (SSSR count). The highest BCUT2D eigenvalue weighted by Crippen LogP contribution is 2.31. The van der Waals surface area contributed by atoms with E-state index in [4.69, 9.17) is 4.42 Å². The minimum absolute atomic E-state index is 0.0511. The molecule has 0 spiro atoms. The summed E-state index contributed by atoms with van der Waals surface area (Å²) in [6.07, 6.45) is 2.59. The zero-order valence-corrected chi connectivity index (χ0v) is 13.1. The number of amides is 1. The van der Waals surface area contributed by atoms with Crippen LogP contribution in [-0.2, 0) is 11.2 Å². The number of carbonyl (C=O) groups is 1. The molecule has 2 heterocycles. The topological polar surface area (TPSA) is 55.1 Å². The number of thiazole rings is 1. The summed E-state index contributed by atoms with van der Waals surface area (Å²) in [5.74, 6) is 0.764. The van der Waals surface area contributed by atoms with Crippen LogP contribution in [0.15, 0.2) is 59.2 Å². The van der Waals surface area contributed by atoms with Crippen molar-refractivity contribution >= 4 is 43.4 Å². The Morgan fingerprint density at radius 1 is 1.13 bits per heavy atom. The molecule has 0 unspecified atom stereocenters.